The largest absolute Gasteiger partial charge is 0.330 e. The van der Waals surface area contributed by atoms with Crippen molar-refractivity contribution in [1.29, 1.82) is 0 Å². The van der Waals surface area contributed by atoms with E-state index in [1.807, 2.05) is 4.68 Å². The van der Waals surface area contributed by atoms with Crippen molar-refractivity contribution in [3.05, 3.63) is 5.82 Å². The van der Waals surface area contributed by atoms with E-state index in [9.17, 15) is 0 Å². The first kappa shape index (κ1) is 14.4. The smallest absolute Gasteiger partial charge is 0.165 e. The van der Waals surface area contributed by atoms with Crippen LogP contribution in [0.2, 0.25) is 0 Å². The first-order chi connectivity index (χ1) is 9.26. The van der Waals surface area contributed by atoms with E-state index in [1.54, 1.807) is 0 Å². The quantitative estimate of drug-likeness (QED) is 0.832. The highest BCUT2D eigenvalue weighted by Gasteiger charge is 2.28. The number of aryl methyl sites for hydroxylation is 1. The molecular weight excluding hydrogens is 240 g/mol. The fraction of sp³-hybridized carbons (Fsp3) is 0.923. The summed E-state index contributed by atoms with van der Waals surface area (Å²) >= 11 is 0. The third kappa shape index (κ3) is 3.51. The van der Waals surface area contributed by atoms with Crippen molar-refractivity contribution in [1.82, 2.24) is 25.1 Å². The molecule has 1 heterocycles. The van der Waals surface area contributed by atoms with Crippen molar-refractivity contribution in [2.45, 2.75) is 58.2 Å². The van der Waals surface area contributed by atoms with Crippen molar-refractivity contribution in [2.24, 2.45) is 11.7 Å². The fourth-order valence-corrected chi connectivity index (χ4v) is 3.11. The Hall–Kier alpha value is -1.01. The Balaban J connectivity index is 1.98. The summed E-state index contributed by atoms with van der Waals surface area (Å²) in [6.45, 7) is 4.63. The third-order valence-electron chi connectivity index (χ3n) is 4.17. The molecule has 19 heavy (non-hydrogen) atoms. The molecule has 0 bridgehead atoms. The Morgan fingerprint density at radius 1 is 1.37 bits per heavy atom. The van der Waals surface area contributed by atoms with Crippen LogP contribution in [0.15, 0.2) is 0 Å². The van der Waals surface area contributed by atoms with E-state index in [-0.39, 0.29) is 0 Å². The Morgan fingerprint density at radius 2 is 2.16 bits per heavy atom. The van der Waals surface area contributed by atoms with Crippen molar-refractivity contribution >= 4 is 0 Å². The normalized spacial score (nSPS) is 24.0. The van der Waals surface area contributed by atoms with Gasteiger partial charge in [-0.2, -0.15) is 0 Å². The summed E-state index contributed by atoms with van der Waals surface area (Å²) in [4.78, 5) is 2.38. The highest BCUT2D eigenvalue weighted by Crippen LogP contribution is 2.27. The lowest BCUT2D eigenvalue weighted by Crippen LogP contribution is -2.43. The highest BCUT2D eigenvalue weighted by atomic mass is 15.5. The van der Waals surface area contributed by atoms with Gasteiger partial charge >= 0.3 is 0 Å². The van der Waals surface area contributed by atoms with Gasteiger partial charge in [0.1, 0.15) is 0 Å². The zero-order valence-corrected chi connectivity index (χ0v) is 12.1. The molecule has 1 saturated carbocycles. The number of hydrogen-bond donors (Lipinski definition) is 1. The zero-order chi connectivity index (χ0) is 13.7. The molecule has 0 radical (unpaired) electrons. The Labute approximate surface area is 115 Å². The number of tetrazole rings is 1. The molecule has 2 N–H and O–H groups in total. The molecule has 0 amide bonds. The maximum absolute atomic E-state index is 5.91. The SMILES string of the molecule is CCCn1nnnc1CN(C)C1CCCCC1CN. The minimum atomic E-state index is 0.575. The van der Waals surface area contributed by atoms with Crippen LogP contribution in [0.5, 0.6) is 0 Å². The molecular formula is C13H26N6. The van der Waals surface area contributed by atoms with Gasteiger partial charge in [0, 0.05) is 12.6 Å². The van der Waals surface area contributed by atoms with Gasteiger partial charge in [-0.1, -0.05) is 19.8 Å². The predicted molar refractivity (Wildman–Crippen MR) is 74.4 cm³/mol. The molecule has 6 heteroatoms. The van der Waals surface area contributed by atoms with E-state index < -0.39 is 0 Å². The van der Waals surface area contributed by atoms with Crippen molar-refractivity contribution in [3.8, 4) is 0 Å². The van der Waals surface area contributed by atoms with Gasteiger partial charge in [0.15, 0.2) is 5.82 Å². The van der Waals surface area contributed by atoms with Gasteiger partial charge in [0.25, 0.3) is 0 Å². The van der Waals surface area contributed by atoms with Crippen LogP contribution in [0.3, 0.4) is 0 Å². The second kappa shape index (κ2) is 6.96. The average Bonchev–Trinajstić information content (AvgIpc) is 2.86. The Bertz CT molecular complexity index is 377. The lowest BCUT2D eigenvalue weighted by Gasteiger charge is -2.37. The molecule has 6 nitrogen and oxygen atoms in total. The highest BCUT2D eigenvalue weighted by molar-refractivity contribution is 4.87. The van der Waals surface area contributed by atoms with Crippen molar-refractivity contribution in [2.75, 3.05) is 13.6 Å². The topological polar surface area (TPSA) is 72.9 Å². The van der Waals surface area contributed by atoms with Gasteiger partial charge in [-0.3, -0.25) is 4.90 Å². The van der Waals surface area contributed by atoms with E-state index in [1.165, 1.54) is 25.7 Å². The molecule has 2 unspecified atom stereocenters. The summed E-state index contributed by atoms with van der Waals surface area (Å²) in [6, 6.07) is 0.575. The molecule has 1 aliphatic rings. The summed E-state index contributed by atoms with van der Waals surface area (Å²) in [7, 11) is 2.17. The predicted octanol–water partition coefficient (Wildman–Crippen LogP) is 1.03. The average molecular weight is 266 g/mol. The lowest BCUT2D eigenvalue weighted by atomic mass is 9.84. The van der Waals surface area contributed by atoms with Crippen LogP contribution in [0.25, 0.3) is 0 Å². The van der Waals surface area contributed by atoms with Crippen molar-refractivity contribution in [3.63, 3.8) is 0 Å². The molecule has 0 saturated heterocycles. The number of hydrogen-bond acceptors (Lipinski definition) is 5. The molecule has 1 aromatic heterocycles. The minimum Gasteiger partial charge on any atom is -0.330 e. The van der Waals surface area contributed by atoms with Crippen LogP contribution in [0.4, 0.5) is 0 Å². The van der Waals surface area contributed by atoms with Crippen LogP contribution >= 0.6 is 0 Å². The van der Waals surface area contributed by atoms with Crippen LogP contribution in [0, 0.1) is 5.92 Å². The van der Waals surface area contributed by atoms with Gasteiger partial charge in [-0.25, -0.2) is 4.68 Å². The van der Waals surface area contributed by atoms with Gasteiger partial charge in [-0.15, -0.1) is 5.10 Å². The van der Waals surface area contributed by atoms with Crippen molar-refractivity contribution < 1.29 is 0 Å². The molecule has 1 fully saturated rings. The summed E-state index contributed by atoms with van der Waals surface area (Å²) in [5.41, 5.74) is 5.91. The van der Waals surface area contributed by atoms with Crippen LogP contribution in [0.1, 0.15) is 44.9 Å². The summed E-state index contributed by atoms with van der Waals surface area (Å²) < 4.78 is 1.91. The number of rotatable bonds is 6. The summed E-state index contributed by atoms with van der Waals surface area (Å²) in [5.74, 6) is 1.58. The Kier molecular flexibility index (Phi) is 5.27. The van der Waals surface area contributed by atoms with Gasteiger partial charge in [0.05, 0.1) is 6.54 Å². The van der Waals surface area contributed by atoms with Gasteiger partial charge < -0.3 is 5.73 Å². The zero-order valence-electron chi connectivity index (χ0n) is 12.1. The van der Waals surface area contributed by atoms with E-state index in [0.717, 1.165) is 31.9 Å². The van der Waals surface area contributed by atoms with E-state index in [2.05, 4.69) is 34.4 Å². The molecule has 0 aliphatic heterocycles. The first-order valence-corrected chi connectivity index (χ1v) is 7.41. The van der Waals surface area contributed by atoms with Crippen LogP contribution in [-0.4, -0.2) is 44.7 Å². The molecule has 108 valence electrons. The van der Waals surface area contributed by atoms with E-state index in [0.29, 0.717) is 12.0 Å². The number of nitrogens with two attached hydrogens (primary N) is 1. The Morgan fingerprint density at radius 3 is 2.89 bits per heavy atom. The van der Waals surface area contributed by atoms with Gasteiger partial charge in [-0.05, 0) is 49.2 Å². The molecule has 2 atom stereocenters. The number of nitrogens with zero attached hydrogens (tertiary/aromatic N) is 5. The minimum absolute atomic E-state index is 0.575. The fourth-order valence-electron chi connectivity index (χ4n) is 3.11. The van der Waals surface area contributed by atoms with E-state index >= 15 is 0 Å². The second-order valence-corrected chi connectivity index (χ2v) is 5.58. The van der Waals surface area contributed by atoms with Crippen LogP contribution < -0.4 is 5.73 Å². The summed E-state index contributed by atoms with van der Waals surface area (Å²) in [6.07, 6.45) is 6.18. The third-order valence-corrected chi connectivity index (χ3v) is 4.17. The molecule has 1 aliphatic carbocycles. The summed E-state index contributed by atoms with van der Waals surface area (Å²) in [5, 5.41) is 12.0. The standard InChI is InChI=1S/C13H26N6/c1-3-8-19-13(15-16-17-19)10-18(2)12-7-5-4-6-11(12)9-14/h11-12H,3-10,14H2,1-2H3. The first-order valence-electron chi connectivity index (χ1n) is 7.41. The molecule has 2 rings (SSSR count). The molecule has 1 aromatic rings. The second-order valence-electron chi connectivity index (χ2n) is 5.58. The van der Waals surface area contributed by atoms with E-state index in [4.69, 9.17) is 5.73 Å². The monoisotopic (exact) mass is 266 g/mol. The van der Waals surface area contributed by atoms with Crippen LogP contribution in [-0.2, 0) is 13.1 Å². The lowest BCUT2D eigenvalue weighted by molar-refractivity contribution is 0.123. The van der Waals surface area contributed by atoms with Gasteiger partial charge in [0.2, 0.25) is 0 Å². The number of aromatic nitrogens is 4. The maximum Gasteiger partial charge on any atom is 0.165 e. The molecule has 0 aromatic carbocycles. The maximum atomic E-state index is 5.91. The molecule has 0 spiro atoms.